The van der Waals surface area contributed by atoms with Crippen LogP contribution in [0.2, 0.25) is 5.02 Å². The van der Waals surface area contributed by atoms with Crippen molar-refractivity contribution in [2.75, 3.05) is 5.32 Å². The number of hydrogen-bond donors (Lipinski definition) is 2. The van der Waals surface area contributed by atoms with Gasteiger partial charge < -0.3 is 15.6 Å². The quantitative estimate of drug-likeness (QED) is 0.525. The predicted octanol–water partition coefficient (Wildman–Crippen LogP) is 3.53. The van der Waals surface area contributed by atoms with Crippen LogP contribution in [-0.2, 0) is 0 Å². The molecule has 29 heavy (non-hydrogen) atoms. The minimum absolute atomic E-state index is 0.141. The van der Waals surface area contributed by atoms with Gasteiger partial charge in [-0.25, -0.2) is 4.68 Å². The summed E-state index contributed by atoms with van der Waals surface area (Å²) in [7, 11) is 0. The van der Waals surface area contributed by atoms with Crippen LogP contribution < -0.4 is 11.1 Å². The molecule has 144 valence electrons. The molecule has 3 N–H and O–H groups in total. The highest BCUT2D eigenvalue weighted by Crippen LogP contribution is 2.24. The van der Waals surface area contributed by atoms with Gasteiger partial charge in [-0.3, -0.25) is 9.59 Å². The fraction of sp³-hybridized carbons (Fsp3) is 0. The molecule has 0 bridgehead atoms. The molecular formula is C20H14ClN5O3. The summed E-state index contributed by atoms with van der Waals surface area (Å²) in [6.45, 7) is 0. The first-order chi connectivity index (χ1) is 14.0. The number of amides is 2. The molecule has 2 amide bonds. The summed E-state index contributed by atoms with van der Waals surface area (Å²) in [5.41, 5.74) is 7.51. The van der Waals surface area contributed by atoms with E-state index in [2.05, 4.69) is 15.6 Å². The Hall–Kier alpha value is -3.91. The van der Waals surface area contributed by atoms with E-state index in [9.17, 15) is 9.59 Å². The standard InChI is InChI=1S/C20H14ClN5O3/c21-13-3-1-2-12(10-13)18-11-17(25-29-18)20(28)23-14-4-6-15(7-5-14)26-9-8-16(24-26)19(22)27/h1-11H,(H2,22,27)(H,23,28). The number of nitrogens with zero attached hydrogens (tertiary/aromatic N) is 3. The molecule has 0 atom stereocenters. The Kier molecular flexibility index (Phi) is 4.84. The van der Waals surface area contributed by atoms with E-state index >= 15 is 0 Å². The van der Waals surface area contributed by atoms with Gasteiger partial charge in [0.15, 0.2) is 11.5 Å². The van der Waals surface area contributed by atoms with Crippen molar-refractivity contribution in [3.63, 3.8) is 0 Å². The molecule has 0 radical (unpaired) electrons. The zero-order valence-electron chi connectivity index (χ0n) is 14.9. The molecule has 0 aliphatic rings. The molecule has 2 aromatic heterocycles. The van der Waals surface area contributed by atoms with Gasteiger partial charge in [0.2, 0.25) is 0 Å². The van der Waals surface area contributed by atoms with Crippen LogP contribution in [0.15, 0.2) is 71.4 Å². The van der Waals surface area contributed by atoms with Crippen molar-refractivity contribution < 1.29 is 14.1 Å². The lowest BCUT2D eigenvalue weighted by atomic mass is 10.1. The normalized spacial score (nSPS) is 10.7. The molecule has 0 aliphatic heterocycles. The lowest BCUT2D eigenvalue weighted by Gasteiger charge is -2.05. The fourth-order valence-electron chi connectivity index (χ4n) is 2.65. The first-order valence-electron chi connectivity index (χ1n) is 8.49. The largest absolute Gasteiger partial charge is 0.364 e. The van der Waals surface area contributed by atoms with Crippen molar-refractivity contribution in [1.29, 1.82) is 0 Å². The second-order valence-electron chi connectivity index (χ2n) is 6.10. The van der Waals surface area contributed by atoms with Crippen molar-refractivity contribution in [3.05, 3.63) is 83.3 Å². The highest BCUT2D eigenvalue weighted by atomic mass is 35.5. The van der Waals surface area contributed by atoms with Gasteiger partial charge in [0.25, 0.3) is 11.8 Å². The number of carbonyl (C=O) groups excluding carboxylic acids is 2. The minimum atomic E-state index is -0.600. The number of rotatable bonds is 5. The van der Waals surface area contributed by atoms with E-state index in [1.54, 1.807) is 54.7 Å². The molecule has 0 fully saturated rings. The number of anilines is 1. The highest BCUT2D eigenvalue weighted by Gasteiger charge is 2.14. The van der Waals surface area contributed by atoms with Crippen LogP contribution >= 0.6 is 11.6 Å². The maximum atomic E-state index is 12.4. The smallest absolute Gasteiger partial charge is 0.277 e. The van der Waals surface area contributed by atoms with E-state index in [1.165, 1.54) is 10.7 Å². The molecule has 0 unspecified atom stereocenters. The van der Waals surface area contributed by atoms with Gasteiger partial charge in [0.1, 0.15) is 5.69 Å². The van der Waals surface area contributed by atoms with E-state index in [1.807, 2.05) is 6.07 Å². The van der Waals surface area contributed by atoms with Crippen molar-refractivity contribution in [3.8, 4) is 17.0 Å². The zero-order valence-corrected chi connectivity index (χ0v) is 15.6. The zero-order chi connectivity index (χ0) is 20.4. The molecule has 2 heterocycles. The third-order valence-electron chi connectivity index (χ3n) is 4.08. The molecule has 2 aromatic carbocycles. The van der Waals surface area contributed by atoms with Crippen LogP contribution in [0, 0.1) is 0 Å². The lowest BCUT2D eigenvalue weighted by molar-refractivity contribution is 0.0992. The predicted molar refractivity (Wildman–Crippen MR) is 107 cm³/mol. The summed E-state index contributed by atoms with van der Waals surface area (Å²) in [4.78, 5) is 23.6. The van der Waals surface area contributed by atoms with Crippen LogP contribution in [-0.4, -0.2) is 26.8 Å². The summed E-state index contributed by atoms with van der Waals surface area (Å²) in [5.74, 6) is -0.570. The SMILES string of the molecule is NC(=O)c1ccn(-c2ccc(NC(=O)c3cc(-c4cccc(Cl)c4)on3)cc2)n1. The number of hydrogen-bond acceptors (Lipinski definition) is 5. The number of aromatic nitrogens is 3. The monoisotopic (exact) mass is 407 g/mol. The Morgan fingerprint density at radius 1 is 1.03 bits per heavy atom. The second kappa shape index (κ2) is 7.61. The van der Waals surface area contributed by atoms with Gasteiger partial charge in [-0.1, -0.05) is 28.9 Å². The first kappa shape index (κ1) is 18.5. The Labute approximate surface area is 169 Å². The highest BCUT2D eigenvalue weighted by molar-refractivity contribution is 6.30. The van der Waals surface area contributed by atoms with Gasteiger partial charge in [0.05, 0.1) is 5.69 Å². The van der Waals surface area contributed by atoms with Crippen molar-refractivity contribution in [1.82, 2.24) is 14.9 Å². The first-order valence-corrected chi connectivity index (χ1v) is 8.87. The average molecular weight is 408 g/mol. The summed E-state index contributed by atoms with van der Waals surface area (Å²) in [6.07, 6.45) is 1.63. The molecule has 0 saturated carbocycles. The number of primary amides is 1. The molecule has 4 aromatic rings. The fourth-order valence-corrected chi connectivity index (χ4v) is 2.84. The molecule has 0 aliphatic carbocycles. The van der Waals surface area contributed by atoms with Crippen LogP contribution in [0.25, 0.3) is 17.0 Å². The third-order valence-corrected chi connectivity index (χ3v) is 4.32. The Bertz CT molecular complexity index is 1200. The number of nitrogens with two attached hydrogens (primary N) is 1. The van der Waals surface area contributed by atoms with Crippen molar-refractivity contribution >= 4 is 29.1 Å². The second-order valence-corrected chi connectivity index (χ2v) is 6.53. The van der Waals surface area contributed by atoms with Gasteiger partial charge in [0, 0.05) is 28.5 Å². The Morgan fingerprint density at radius 2 is 1.83 bits per heavy atom. The van der Waals surface area contributed by atoms with Crippen LogP contribution in [0.4, 0.5) is 5.69 Å². The molecule has 4 rings (SSSR count). The van der Waals surface area contributed by atoms with Gasteiger partial charge >= 0.3 is 0 Å². The van der Waals surface area contributed by atoms with Gasteiger partial charge in [-0.05, 0) is 42.5 Å². The summed E-state index contributed by atoms with van der Waals surface area (Å²) >= 11 is 5.97. The number of nitrogens with one attached hydrogen (secondary N) is 1. The molecule has 9 heteroatoms. The molecular weight excluding hydrogens is 394 g/mol. The van der Waals surface area contributed by atoms with Gasteiger partial charge in [-0.2, -0.15) is 5.10 Å². The minimum Gasteiger partial charge on any atom is -0.364 e. The van der Waals surface area contributed by atoms with Gasteiger partial charge in [-0.15, -0.1) is 0 Å². The third kappa shape index (κ3) is 4.02. The summed E-state index contributed by atoms with van der Waals surface area (Å²) < 4.78 is 6.76. The molecule has 8 nitrogen and oxygen atoms in total. The molecule has 0 saturated heterocycles. The van der Waals surface area contributed by atoms with Crippen molar-refractivity contribution in [2.24, 2.45) is 5.73 Å². The summed E-state index contributed by atoms with van der Waals surface area (Å²) in [6, 6.07) is 17.0. The van der Waals surface area contributed by atoms with E-state index < -0.39 is 11.8 Å². The molecule has 0 spiro atoms. The topological polar surface area (TPSA) is 116 Å². The maximum Gasteiger partial charge on any atom is 0.277 e. The van der Waals surface area contributed by atoms with Crippen LogP contribution in [0.3, 0.4) is 0 Å². The van der Waals surface area contributed by atoms with E-state index in [-0.39, 0.29) is 11.4 Å². The van der Waals surface area contributed by atoms with E-state index in [0.717, 1.165) is 5.56 Å². The number of benzene rings is 2. The van der Waals surface area contributed by atoms with E-state index in [4.69, 9.17) is 21.9 Å². The Morgan fingerprint density at radius 3 is 2.52 bits per heavy atom. The van der Waals surface area contributed by atoms with Crippen molar-refractivity contribution in [2.45, 2.75) is 0 Å². The number of halogens is 1. The summed E-state index contributed by atoms with van der Waals surface area (Å²) in [5, 5.41) is 11.2. The average Bonchev–Trinajstić information content (AvgIpc) is 3.39. The van der Waals surface area contributed by atoms with Crippen LogP contribution in [0.1, 0.15) is 21.0 Å². The van der Waals surface area contributed by atoms with Crippen LogP contribution in [0.5, 0.6) is 0 Å². The maximum absolute atomic E-state index is 12.4. The van der Waals surface area contributed by atoms with E-state index in [0.29, 0.717) is 22.2 Å². The Balaban J connectivity index is 1.46. The lowest BCUT2D eigenvalue weighted by Crippen LogP contribution is -2.12. The number of carbonyl (C=O) groups is 2.